The molecule has 3 aromatic rings. The first-order valence-corrected chi connectivity index (χ1v) is 8.94. The monoisotopic (exact) mass is 372 g/mol. The minimum atomic E-state index is -0.193. The molecule has 0 unspecified atom stereocenters. The van der Waals surface area contributed by atoms with Gasteiger partial charge in [0.15, 0.2) is 11.6 Å². The number of nitrogens with zero attached hydrogens (tertiary/aromatic N) is 3. The van der Waals surface area contributed by atoms with Crippen molar-refractivity contribution < 1.29 is 9.53 Å². The van der Waals surface area contributed by atoms with Crippen LogP contribution >= 0.6 is 0 Å². The number of aromatic nitrogens is 3. The lowest BCUT2D eigenvalue weighted by atomic mass is 10.1. The SMILES string of the molecule is COc1ccc(C=Cc2nc3n(n2)C(=C(C)C)C(=O)Nc2ccccc2-3)cc1. The lowest BCUT2D eigenvalue weighted by molar-refractivity contribution is -0.111. The van der Waals surface area contributed by atoms with Crippen molar-refractivity contribution in [3.63, 3.8) is 0 Å². The predicted octanol–water partition coefficient (Wildman–Crippen LogP) is 4.33. The molecule has 0 radical (unpaired) electrons. The van der Waals surface area contributed by atoms with E-state index in [2.05, 4.69) is 15.4 Å². The summed E-state index contributed by atoms with van der Waals surface area (Å²) in [5.74, 6) is 1.79. The fraction of sp³-hybridized carbons (Fsp3) is 0.136. The molecular formula is C22H20N4O2. The lowest BCUT2D eigenvalue weighted by Crippen LogP contribution is -2.17. The molecule has 140 valence electrons. The maximum atomic E-state index is 12.7. The van der Waals surface area contributed by atoms with Crippen LogP contribution in [0.3, 0.4) is 0 Å². The van der Waals surface area contributed by atoms with E-state index in [0.29, 0.717) is 17.3 Å². The Hall–Kier alpha value is -3.67. The molecule has 0 saturated heterocycles. The molecule has 1 amide bonds. The average molecular weight is 372 g/mol. The number of carbonyl (C=O) groups excluding carboxylic acids is 1. The number of para-hydroxylation sites is 1. The number of methoxy groups -OCH3 is 1. The molecule has 0 bridgehead atoms. The highest BCUT2D eigenvalue weighted by Gasteiger charge is 2.26. The van der Waals surface area contributed by atoms with Crippen molar-refractivity contribution in [3.05, 3.63) is 65.5 Å². The number of benzene rings is 2. The van der Waals surface area contributed by atoms with E-state index >= 15 is 0 Å². The summed E-state index contributed by atoms with van der Waals surface area (Å²) >= 11 is 0. The molecule has 1 N–H and O–H groups in total. The Kier molecular flexibility index (Phi) is 4.53. The number of anilines is 1. The number of ether oxygens (including phenoxy) is 1. The number of rotatable bonds is 3. The summed E-state index contributed by atoms with van der Waals surface area (Å²) < 4.78 is 6.81. The van der Waals surface area contributed by atoms with Crippen LogP contribution in [0.2, 0.25) is 0 Å². The highest BCUT2D eigenvalue weighted by Crippen LogP contribution is 2.33. The minimum absolute atomic E-state index is 0.193. The summed E-state index contributed by atoms with van der Waals surface area (Å²) in [6.45, 7) is 3.78. The summed E-state index contributed by atoms with van der Waals surface area (Å²) in [6.07, 6.45) is 3.77. The van der Waals surface area contributed by atoms with Crippen LogP contribution in [0.4, 0.5) is 5.69 Å². The third-order valence-electron chi connectivity index (χ3n) is 4.48. The van der Waals surface area contributed by atoms with Crippen LogP contribution in [-0.2, 0) is 4.79 Å². The molecule has 0 fully saturated rings. The number of nitrogens with one attached hydrogen (secondary N) is 1. The van der Waals surface area contributed by atoms with Gasteiger partial charge in [0.1, 0.15) is 11.4 Å². The highest BCUT2D eigenvalue weighted by atomic mass is 16.5. The quantitative estimate of drug-likeness (QED) is 0.695. The van der Waals surface area contributed by atoms with Gasteiger partial charge in [-0.1, -0.05) is 30.3 Å². The van der Waals surface area contributed by atoms with E-state index < -0.39 is 0 Å². The Bertz CT molecular complexity index is 1100. The van der Waals surface area contributed by atoms with Gasteiger partial charge in [0, 0.05) is 5.56 Å². The summed E-state index contributed by atoms with van der Waals surface area (Å²) in [5.41, 5.74) is 3.92. The molecule has 2 heterocycles. The minimum Gasteiger partial charge on any atom is -0.497 e. The van der Waals surface area contributed by atoms with Gasteiger partial charge in [-0.2, -0.15) is 0 Å². The Balaban J connectivity index is 1.79. The third kappa shape index (κ3) is 3.20. The maximum absolute atomic E-state index is 12.7. The zero-order valence-electron chi connectivity index (χ0n) is 15.9. The second-order valence-electron chi connectivity index (χ2n) is 6.66. The number of fused-ring (bicyclic) bond motifs is 3. The van der Waals surface area contributed by atoms with Gasteiger partial charge < -0.3 is 10.1 Å². The van der Waals surface area contributed by atoms with E-state index in [1.54, 1.807) is 11.8 Å². The molecule has 0 aliphatic carbocycles. The second-order valence-corrected chi connectivity index (χ2v) is 6.66. The van der Waals surface area contributed by atoms with Crippen molar-refractivity contribution in [2.75, 3.05) is 12.4 Å². The van der Waals surface area contributed by atoms with Gasteiger partial charge in [-0.3, -0.25) is 4.79 Å². The third-order valence-corrected chi connectivity index (χ3v) is 4.48. The lowest BCUT2D eigenvalue weighted by Gasteiger charge is -2.07. The Morgan fingerprint density at radius 2 is 1.82 bits per heavy atom. The first-order valence-electron chi connectivity index (χ1n) is 8.94. The van der Waals surface area contributed by atoms with Gasteiger partial charge in [0.25, 0.3) is 5.91 Å². The van der Waals surface area contributed by atoms with Crippen molar-refractivity contribution in [2.45, 2.75) is 13.8 Å². The van der Waals surface area contributed by atoms with Crippen molar-refractivity contribution >= 4 is 29.4 Å². The summed E-state index contributed by atoms with van der Waals surface area (Å²) in [7, 11) is 1.64. The fourth-order valence-corrected chi connectivity index (χ4v) is 3.12. The molecule has 6 nitrogen and oxygen atoms in total. The largest absolute Gasteiger partial charge is 0.497 e. The Morgan fingerprint density at radius 1 is 1.07 bits per heavy atom. The highest BCUT2D eigenvalue weighted by molar-refractivity contribution is 6.23. The average Bonchev–Trinajstić information content (AvgIpc) is 3.05. The van der Waals surface area contributed by atoms with Gasteiger partial charge >= 0.3 is 0 Å². The molecule has 6 heteroatoms. The van der Waals surface area contributed by atoms with E-state index in [4.69, 9.17) is 4.74 Å². The van der Waals surface area contributed by atoms with Crippen LogP contribution in [0.5, 0.6) is 5.75 Å². The van der Waals surface area contributed by atoms with E-state index in [0.717, 1.165) is 28.1 Å². The second kappa shape index (κ2) is 7.15. The molecule has 1 aromatic heterocycles. The Morgan fingerprint density at radius 3 is 2.54 bits per heavy atom. The van der Waals surface area contributed by atoms with Crippen molar-refractivity contribution in [1.82, 2.24) is 14.8 Å². The van der Waals surface area contributed by atoms with Crippen LogP contribution in [0.15, 0.2) is 54.1 Å². The Labute approximate surface area is 163 Å². The van der Waals surface area contributed by atoms with Crippen molar-refractivity contribution in [1.29, 1.82) is 0 Å². The van der Waals surface area contributed by atoms with Gasteiger partial charge in [0.05, 0.1) is 12.8 Å². The van der Waals surface area contributed by atoms with Gasteiger partial charge in [0.2, 0.25) is 0 Å². The van der Waals surface area contributed by atoms with Crippen molar-refractivity contribution in [3.8, 4) is 17.1 Å². The molecule has 0 saturated carbocycles. The van der Waals surface area contributed by atoms with Crippen LogP contribution in [0.25, 0.3) is 29.2 Å². The molecule has 28 heavy (non-hydrogen) atoms. The molecular weight excluding hydrogens is 352 g/mol. The summed E-state index contributed by atoms with van der Waals surface area (Å²) in [4.78, 5) is 17.4. The molecule has 0 spiro atoms. The normalized spacial score (nSPS) is 13.0. The number of hydrogen-bond acceptors (Lipinski definition) is 4. The predicted molar refractivity (Wildman–Crippen MR) is 111 cm³/mol. The molecule has 0 atom stereocenters. The van der Waals surface area contributed by atoms with E-state index in [-0.39, 0.29) is 5.91 Å². The van der Waals surface area contributed by atoms with Crippen LogP contribution < -0.4 is 10.1 Å². The van der Waals surface area contributed by atoms with Crippen LogP contribution in [-0.4, -0.2) is 27.8 Å². The smallest absolute Gasteiger partial charge is 0.274 e. The standard InChI is InChI=1S/C22H20N4O2/c1-14(2)20-22(27)23-18-7-5-4-6-17(18)21-24-19(25-26(20)21)13-10-15-8-11-16(28-3)12-9-15/h4-13H,1-3H3,(H,23,27). The first kappa shape index (κ1) is 17.7. The fourth-order valence-electron chi connectivity index (χ4n) is 3.12. The van der Waals surface area contributed by atoms with Crippen molar-refractivity contribution in [2.24, 2.45) is 0 Å². The van der Waals surface area contributed by atoms with E-state index in [1.165, 1.54) is 0 Å². The van der Waals surface area contributed by atoms with E-state index in [9.17, 15) is 4.79 Å². The number of hydrogen-bond donors (Lipinski definition) is 1. The number of carbonyl (C=O) groups is 1. The first-order chi connectivity index (χ1) is 13.6. The molecule has 2 aromatic carbocycles. The summed E-state index contributed by atoms with van der Waals surface area (Å²) in [5, 5.41) is 7.53. The number of amides is 1. The molecule has 1 aliphatic heterocycles. The molecule has 4 rings (SSSR count). The zero-order valence-corrected chi connectivity index (χ0v) is 15.9. The van der Waals surface area contributed by atoms with Gasteiger partial charge in [-0.25, -0.2) is 9.67 Å². The molecule has 1 aliphatic rings. The van der Waals surface area contributed by atoms with Gasteiger partial charge in [-0.15, -0.1) is 5.10 Å². The van der Waals surface area contributed by atoms with E-state index in [1.807, 2.05) is 74.5 Å². The summed E-state index contributed by atoms with van der Waals surface area (Å²) in [6, 6.07) is 15.3. The number of allylic oxidation sites excluding steroid dienone is 1. The van der Waals surface area contributed by atoms with Crippen LogP contribution in [0.1, 0.15) is 25.2 Å². The van der Waals surface area contributed by atoms with Crippen LogP contribution in [0, 0.1) is 0 Å². The van der Waals surface area contributed by atoms with Gasteiger partial charge in [-0.05, 0) is 55.3 Å². The zero-order chi connectivity index (χ0) is 19.7. The topological polar surface area (TPSA) is 69.0 Å². The maximum Gasteiger partial charge on any atom is 0.274 e.